The quantitative estimate of drug-likeness (QED) is 0.405. The number of ether oxygens (including phenoxy) is 3. The van der Waals surface area contributed by atoms with E-state index in [4.69, 9.17) is 14.2 Å². The summed E-state index contributed by atoms with van der Waals surface area (Å²) >= 11 is 0. The smallest absolute Gasteiger partial charge is 0.291 e. The summed E-state index contributed by atoms with van der Waals surface area (Å²) in [6, 6.07) is 7.17. The van der Waals surface area contributed by atoms with Gasteiger partial charge >= 0.3 is 0 Å². The van der Waals surface area contributed by atoms with E-state index in [9.17, 15) is 4.79 Å². The molecule has 0 fully saturated rings. The van der Waals surface area contributed by atoms with Crippen molar-refractivity contribution in [3.05, 3.63) is 29.8 Å². The van der Waals surface area contributed by atoms with Crippen molar-refractivity contribution in [2.24, 2.45) is 4.99 Å². The van der Waals surface area contributed by atoms with Crippen LogP contribution < -0.4 is 10.1 Å². The van der Waals surface area contributed by atoms with Crippen molar-refractivity contribution in [3.8, 4) is 5.75 Å². The van der Waals surface area contributed by atoms with E-state index in [0.717, 1.165) is 19.3 Å². The fourth-order valence-electron chi connectivity index (χ4n) is 1.94. The Morgan fingerprint density at radius 2 is 2.04 bits per heavy atom. The molecule has 1 aromatic rings. The molecular formula is C18H28N2O4. The van der Waals surface area contributed by atoms with Crippen LogP contribution in [-0.4, -0.2) is 45.4 Å². The topological polar surface area (TPSA) is 69.2 Å². The third-order valence-corrected chi connectivity index (χ3v) is 3.24. The van der Waals surface area contributed by atoms with Crippen molar-refractivity contribution in [2.75, 3.05) is 33.5 Å². The van der Waals surface area contributed by atoms with Gasteiger partial charge in [-0.05, 0) is 31.5 Å². The Morgan fingerprint density at radius 1 is 1.21 bits per heavy atom. The average molecular weight is 336 g/mol. The van der Waals surface area contributed by atoms with Crippen molar-refractivity contribution in [1.29, 1.82) is 0 Å². The number of methoxy groups -OCH3 is 1. The van der Waals surface area contributed by atoms with Crippen LogP contribution in [0.2, 0.25) is 0 Å². The maximum atomic E-state index is 12.3. The van der Waals surface area contributed by atoms with Crippen molar-refractivity contribution in [2.45, 2.75) is 33.1 Å². The molecular weight excluding hydrogens is 308 g/mol. The molecule has 0 heterocycles. The highest BCUT2D eigenvalue weighted by Crippen LogP contribution is 2.12. The fraction of sp³-hybridized carbons (Fsp3) is 0.556. The summed E-state index contributed by atoms with van der Waals surface area (Å²) in [4.78, 5) is 16.7. The molecule has 1 amide bonds. The molecule has 1 aromatic carbocycles. The van der Waals surface area contributed by atoms with Gasteiger partial charge in [-0.1, -0.05) is 25.8 Å². The Hall–Kier alpha value is -2.08. The second-order valence-corrected chi connectivity index (χ2v) is 5.13. The first-order valence-electron chi connectivity index (χ1n) is 8.41. The molecule has 0 bridgehead atoms. The highest BCUT2D eigenvalue weighted by atomic mass is 16.5. The van der Waals surface area contributed by atoms with E-state index < -0.39 is 0 Å². The van der Waals surface area contributed by atoms with Gasteiger partial charge in [0.1, 0.15) is 12.4 Å². The summed E-state index contributed by atoms with van der Waals surface area (Å²) in [5, 5.41) is 2.72. The van der Waals surface area contributed by atoms with Gasteiger partial charge in [-0.2, -0.15) is 0 Å². The van der Waals surface area contributed by atoms with Gasteiger partial charge in [-0.3, -0.25) is 10.1 Å². The number of amidine groups is 1. The zero-order valence-corrected chi connectivity index (χ0v) is 14.8. The highest BCUT2D eigenvalue weighted by Gasteiger charge is 2.11. The van der Waals surface area contributed by atoms with Crippen LogP contribution in [0.4, 0.5) is 0 Å². The second-order valence-electron chi connectivity index (χ2n) is 5.13. The van der Waals surface area contributed by atoms with Crippen molar-refractivity contribution in [3.63, 3.8) is 0 Å². The number of hydrogen-bond donors (Lipinski definition) is 1. The first-order chi connectivity index (χ1) is 11.7. The predicted molar refractivity (Wildman–Crippen MR) is 94.7 cm³/mol. The van der Waals surface area contributed by atoms with Crippen molar-refractivity contribution < 1.29 is 19.0 Å². The Labute approximate surface area is 144 Å². The number of nitrogens with zero attached hydrogens (tertiary/aromatic N) is 1. The zero-order chi connectivity index (χ0) is 17.6. The number of amides is 1. The molecule has 0 saturated carbocycles. The number of rotatable bonds is 10. The minimum atomic E-state index is -0.278. The van der Waals surface area contributed by atoms with Crippen LogP contribution in [0.15, 0.2) is 29.3 Å². The van der Waals surface area contributed by atoms with Crippen LogP contribution in [-0.2, 0) is 9.47 Å². The van der Waals surface area contributed by atoms with Crippen molar-refractivity contribution >= 4 is 11.9 Å². The molecule has 0 atom stereocenters. The molecule has 0 saturated heterocycles. The summed E-state index contributed by atoms with van der Waals surface area (Å²) in [5.41, 5.74) is 0.490. The number of carbonyl (C=O) groups is 1. The molecule has 134 valence electrons. The second kappa shape index (κ2) is 12.4. The number of carbonyl (C=O) groups excluding carboxylic acids is 1. The zero-order valence-electron chi connectivity index (χ0n) is 14.8. The van der Waals surface area contributed by atoms with Crippen LogP contribution in [0.3, 0.4) is 0 Å². The van der Waals surface area contributed by atoms with E-state index in [1.165, 1.54) is 0 Å². The largest absolute Gasteiger partial charge is 0.497 e. The molecule has 0 aliphatic carbocycles. The van der Waals surface area contributed by atoms with E-state index in [2.05, 4.69) is 17.2 Å². The van der Waals surface area contributed by atoms with Gasteiger partial charge in [-0.25, -0.2) is 4.99 Å². The lowest BCUT2D eigenvalue weighted by molar-refractivity contribution is 0.0921. The molecule has 24 heavy (non-hydrogen) atoms. The van der Waals surface area contributed by atoms with E-state index in [1.54, 1.807) is 31.4 Å². The Balaban J connectivity index is 2.64. The molecule has 6 heteroatoms. The van der Waals surface area contributed by atoms with E-state index in [0.29, 0.717) is 37.7 Å². The molecule has 0 spiro atoms. The van der Waals surface area contributed by atoms with Gasteiger partial charge in [0.25, 0.3) is 11.9 Å². The Bertz CT molecular complexity index is 517. The first-order valence-corrected chi connectivity index (χ1v) is 8.41. The maximum absolute atomic E-state index is 12.3. The summed E-state index contributed by atoms with van der Waals surface area (Å²) in [6.45, 7) is 6.11. The van der Waals surface area contributed by atoms with Crippen LogP contribution in [0, 0.1) is 0 Å². The van der Waals surface area contributed by atoms with Crippen LogP contribution in [0.5, 0.6) is 5.75 Å². The average Bonchev–Trinajstić information content (AvgIpc) is 2.62. The summed E-state index contributed by atoms with van der Waals surface area (Å²) in [6.07, 6.45) is 3.18. The molecule has 0 unspecified atom stereocenters. The molecule has 1 rings (SSSR count). The molecule has 0 radical (unpaired) electrons. The minimum Gasteiger partial charge on any atom is -0.497 e. The lowest BCUT2D eigenvalue weighted by Gasteiger charge is -2.11. The minimum absolute atomic E-state index is 0.235. The molecule has 6 nitrogen and oxygen atoms in total. The van der Waals surface area contributed by atoms with Crippen LogP contribution in [0.25, 0.3) is 0 Å². The molecule has 0 aliphatic heterocycles. The van der Waals surface area contributed by atoms with Gasteiger partial charge in [0, 0.05) is 18.7 Å². The monoisotopic (exact) mass is 336 g/mol. The maximum Gasteiger partial charge on any atom is 0.291 e. The van der Waals surface area contributed by atoms with Gasteiger partial charge in [0.15, 0.2) is 0 Å². The molecule has 0 aliphatic rings. The summed E-state index contributed by atoms with van der Waals surface area (Å²) < 4.78 is 15.9. The van der Waals surface area contributed by atoms with Crippen LogP contribution >= 0.6 is 0 Å². The SMILES string of the molecule is CCCCCN=C(NC(=O)c1cccc(OC)c1)OCCOCC. The van der Waals surface area contributed by atoms with Crippen molar-refractivity contribution in [1.82, 2.24) is 5.32 Å². The highest BCUT2D eigenvalue weighted by molar-refractivity contribution is 6.04. The third-order valence-electron chi connectivity index (χ3n) is 3.24. The standard InChI is InChI=1S/C18H28N2O4/c1-4-6-7-11-19-18(24-13-12-23-5-2)20-17(21)15-9-8-10-16(14-15)22-3/h8-10,14H,4-7,11-13H2,1-3H3,(H,19,20,21). The van der Waals surface area contributed by atoms with Crippen LogP contribution in [0.1, 0.15) is 43.5 Å². The molecule has 0 aromatic heterocycles. The van der Waals surface area contributed by atoms with E-state index >= 15 is 0 Å². The summed E-state index contributed by atoms with van der Waals surface area (Å²) in [5.74, 6) is 0.348. The first kappa shape index (κ1) is 20.0. The predicted octanol–water partition coefficient (Wildman–Crippen LogP) is 3.02. The fourth-order valence-corrected chi connectivity index (χ4v) is 1.94. The Morgan fingerprint density at radius 3 is 2.75 bits per heavy atom. The molecule has 1 N–H and O–H groups in total. The number of hydrogen-bond acceptors (Lipinski definition) is 5. The lowest BCUT2D eigenvalue weighted by Crippen LogP contribution is -2.33. The van der Waals surface area contributed by atoms with E-state index in [1.807, 2.05) is 6.92 Å². The number of aliphatic imine (C=N–C) groups is 1. The van der Waals surface area contributed by atoms with E-state index in [-0.39, 0.29) is 11.9 Å². The Kier molecular flexibility index (Phi) is 10.3. The van der Waals surface area contributed by atoms with Gasteiger partial charge in [-0.15, -0.1) is 0 Å². The number of benzene rings is 1. The van der Waals surface area contributed by atoms with Gasteiger partial charge in [0.05, 0.1) is 13.7 Å². The van der Waals surface area contributed by atoms with Gasteiger partial charge < -0.3 is 14.2 Å². The normalized spacial score (nSPS) is 11.2. The number of nitrogens with one attached hydrogen (secondary N) is 1. The van der Waals surface area contributed by atoms with Gasteiger partial charge in [0.2, 0.25) is 0 Å². The number of unbranched alkanes of at least 4 members (excludes halogenated alkanes) is 2. The summed E-state index contributed by atoms with van der Waals surface area (Å²) in [7, 11) is 1.56. The third kappa shape index (κ3) is 7.97. The lowest BCUT2D eigenvalue weighted by atomic mass is 10.2.